The van der Waals surface area contributed by atoms with Gasteiger partial charge in [0.05, 0.1) is 22.5 Å². The molecular formula is C20H24ClN3O. The molecule has 0 N–H and O–H groups in total. The van der Waals surface area contributed by atoms with E-state index in [1.54, 1.807) is 0 Å². The summed E-state index contributed by atoms with van der Waals surface area (Å²) < 4.78 is 2.29. The maximum Gasteiger partial charge on any atom is 0.230 e. The highest BCUT2D eigenvalue weighted by Crippen LogP contribution is 2.42. The second-order valence-electron chi connectivity index (χ2n) is 7.02. The van der Waals surface area contributed by atoms with Gasteiger partial charge in [0, 0.05) is 43.3 Å². The molecule has 1 aromatic carbocycles. The van der Waals surface area contributed by atoms with Crippen LogP contribution in [0.2, 0.25) is 5.02 Å². The zero-order valence-electron chi connectivity index (χ0n) is 15.0. The third kappa shape index (κ3) is 2.51. The summed E-state index contributed by atoms with van der Waals surface area (Å²) in [7, 11) is 2.11. The highest BCUT2D eigenvalue weighted by molar-refractivity contribution is 6.33. The summed E-state index contributed by atoms with van der Waals surface area (Å²) in [6, 6.07) is 6.46. The van der Waals surface area contributed by atoms with Crippen molar-refractivity contribution in [2.24, 2.45) is 5.92 Å². The number of amides is 1. The molecule has 4 nitrogen and oxygen atoms in total. The summed E-state index contributed by atoms with van der Waals surface area (Å²) in [6.45, 7) is 7.24. The number of likely N-dealkylation sites (N-methyl/N-ethyl adjacent to an activating group) is 1. The van der Waals surface area contributed by atoms with Crippen molar-refractivity contribution in [3.63, 3.8) is 0 Å². The smallest absolute Gasteiger partial charge is 0.230 e. The van der Waals surface area contributed by atoms with Crippen LogP contribution in [0.3, 0.4) is 0 Å². The SMILES string of the molecule is CCN(CC)C(=O)[C@@H]1C=C2c3c(Cl)ccc4ccn(c34)CC2N(C)C1. The Labute approximate surface area is 153 Å². The second kappa shape index (κ2) is 6.19. The first-order valence-corrected chi connectivity index (χ1v) is 9.41. The van der Waals surface area contributed by atoms with Crippen molar-refractivity contribution in [3.05, 3.63) is 41.1 Å². The molecule has 2 aliphatic heterocycles. The average Bonchev–Trinajstić information content (AvgIpc) is 3.02. The number of hydrogen-bond donors (Lipinski definition) is 0. The predicted octanol–water partition coefficient (Wildman–Crippen LogP) is 3.49. The summed E-state index contributed by atoms with van der Waals surface area (Å²) in [5.74, 6) is 0.107. The fraction of sp³-hybridized carbons (Fsp3) is 0.450. The molecule has 0 saturated heterocycles. The van der Waals surface area contributed by atoms with E-state index in [1.165, 1.54) is 16.5 Å². The molecule has 1 amide bonds. The Hall–Kier alpha value is -1.78. The molecule has 2 aromatic rings. The van der Waals surface area contributed by atoms with Crippen LogP contribution >= 0.6 is 11.6 Å². The number of halogens is 1. The van der Waals surface area contributed by atoms with Crippen molar-refractivity contribution in [1.82, 2.24) is 14.4 Å². The lowest BCUT2D eigenvalue weighted by Gasteiger charge is -2.41. The number of carbonyl (C=O) groups is 1. The van der Waals surface area contributed by atoms with Crippen molar-refractivity contribution < 1.29 is 4.79 Å². The van der Waals surface area contributed by atoms with Crippen LogP contribution in [0.15, 0.2) is 30.5 Å². The van der Waals surface area contributed by atoms with Crippen molar-refractivity contribution in [2.75, 3.05) is 26.7 Å². The molecule has 5 heteroatoms. The Morgan fingerprint density at radius 2 is 2.00 bits per heavy atom. The van der Waals surface area contributed by atoms with Gasteiger partial charge in [-0.05, 0) is 38.6 Å². The van der Waals surface area contributed by atoms with Crippen LogP contribution in [0.25, 0.3) is 16.5 Å². The lowest BCUT2D eigenvalue weighted by atomic mass is 9.85. The maximum absolute atomic E-state index is 12.9. The Kier molecular flexibility index (Phi) is 4.13. The van der Waals surface area contributed by atoms with E-state index in [-0.39, 0.29) is 17.9 Å². The van der Waals surface area contributed by atoms with Crippen molar-refractivity contribution >= 4 is 34.0 Å². The molecule has 132 valence electrons. The third-order valence-corrected chi connectivity index (χ3v) is 6.00. The van der Waals surface area contributed by atoms with Gasteiger partial charge in [0.25, 0.3) is 0 Å². The first-order valence-electron chi connectivity index (χ1n) is 9.03. The number of nitrogens with zero attached hydrogens (tertiary/aromatic N) is 3. The maximum atomic E-state index is 12.9. The second-order valence-corrected chi connectivity index (χ2v) is 7.43. The van der Waals surface area contributed by atoms with E-state index in [0.717, 1.165) is 36.8 Å². The van der Waals surface area contributed by atoms with E-state index in [9.17, 15) is 4.79 Å². The molecule has 0 radical (unpaired) electrons. The molecule has 2 aliphatic rings. The molecule has 2 atom stereocenters. The summed E-state index contributed by atoms with van der Waals surface area (Å²) in [6.07, 6.45) is 4.32. The molecular weight excluding hydrogens is 334 g/mol. The Morgan fingerprint density at radius 3 is 2.72 bits per heavy atom. The number of fused-ring (bicyclic) bond motifs is 2. The van der Waals surface area contributed by atoms with E-state index in [1.807, 2.05) is 24.8 Å². The standard InChI is InChI=1S/C20H24ClN3O/c1-4-23(5-2)20(25)14-10-15-17(22(3)11-14)12-24-9-8-13-6-7-16(21)18(15)19(13)24/h6-10,14,17H,4-5,11-12H2,1-3H3/t14-,17?/m1/s1. The van der Waals surface area contributed by atoms with E-state index in [2.05, 4.69) is 40.9 Å². The summed E-state index contributed by atoms with van der Waals surface area (Å²) in [4.78, 5) is 17.1. The average molecular weight is 358 g/mol. The molecule has 0 aliphatic carbocycles. The minimum absolute atomic E-state index is 0.107. The Balaban J connectivity index is 1.85. The van der Waals surface area contributed by atoms with Crippen molar-refractivity contribution in [1.29, 1.82) is 0 Å². The van der Waals surface area contributed by atoms with Crippen LogP contribution < -0.4 is 0 Å². The van der Waals surface area contributed by atoms with Crippen LogP contribution in [0.4, 0.5) is 0 Å². The van der Waals surface area contributed by atoms with E-state index in [4.69, 9.17) is 11.6 Å². The molecule has 1 aromatic heterocycles. The molecule has 0 bridgehead atoms. The van der Waals surface area contributed by atoms with Crippen molar-refractivity contribution in [2.45, 2.75) is 26.4 Å². The summed E-state index contributed by atoms with van der Waals surface area (Å²) in [5.41, 5.74) is 3.50. The van der Waals surface area contributed by atoms with Crippen LogP contribution in [-0.2, 0) is 11.3 Å². The predicted molar refractivity (Wildman–Crippen MR) is 103 cm³/mol. The Morgan fingerprint density at radius 1 is 1.24 bits per heavy atom. The van der Waals surface area contributed by atoms with Crippen molar-refractivity contribution in [3.8, 4) is 0 Å². The molecule has 0 fully saturated rings. The van der Waals surface area contributed by atoms with Gasteiger partial charge >= 0.3 is 0 Å². The number of aromatic nitrogens is 1. The molecule has 0 saturated carbocycles. The number of carbonyl (C=O) groups excluding carboxylic acids is 1. The van der Waals surface area contributed by atoms with E-state index in [0.29, 0.717) is 0 Å². The lowest BCUT2D eigenvalue weighted by molar-refractivity contribution is -0.134. The number of benzene rings is 1. The minimum atomic E-state index is -0.107. The minimum Gasteiger partial charge on any atom is -0.345 e. The fourth-order valence-corrected chi connectivity index (χ4v) is 4.61. The van der Waals surface area contributed by atoms with Gasteiger partial charge in [-0.25, -0.2) is 0 Å². The van der Waals surface area contributed by atoms with Gasteiger partial charge in [0.15, 0.2) is 0 Å². The largest absolute Gasteiger partial charge is 0.345 e. The molecule has 0 spiro atoms. The van der Waals surface area contributed by atoms with Crippen LogP contribution in [0, 0.1) is 5.92 Å². The summed E-state index contributed by atoms with van der Waals surface area (Å²) >= 11 is 6.61. The van der Waals surface area contributed by atoms with Gasteiger partial charge in [0.1, 0.15) is 0 Å². The monoisotopic (exact) mass is 357 g/mol. The van der Waals surface area contributed by atoms with Crippen LogP contribution in [0.1, 0.15) is 19.4 Å². The summed E-state index contributed by atoms with van der Waals surface area (Å²) in [5, 5.41) is 1.98. The van der Waals surface area contributed by atoms with Gasteiger partial charge < -0.3 is 9.47 Å². The first kappa shape index (κ1) is 16.7. The highest BCUT2D eigenvalue weighted by Gasteiger charge is 2.37. The topological polar surface area (TPSA) is 28.5 Å². The van der Waals surface area contributed by atoms with Gasteiger partial charge in [0.2, 0.25) is 5.91 Å². The highest BCUT2D eigenvalue weighted by atomic mass is 35.5. The van der Waals surface area contributed by atoms with Crippen LogP contribution in [0.5, 0.6) is 0 Å². The lowest BCUT2D eigenvalue weighted by Crippen LogP contribution is -2.48. The zero-order chi connectivity index (χ0) is 17.7. The van der Waals surface area contributed by atoms with E-state index >= 15 is 0 Å². The quantitative estimate of drug-likeness (QED) is 0.841. The van der Waals surface area contributed by atoms with Gasteiger partial charge in [-0.1, -0.05) is 23.7 Å². The zero-order valence-corrected chi connectivity index (χ0v) is 15.8. The third-order valence-electron chi connectivity index (χ3n) is 5.69. The van der Waals surface area contributed by atoms with Gasteiger partial charge in [-0.2, -0.15) is 0 Å². The normalized spacial score (nSPS) is 22.6. The van der Waals surface area contributed by atoms with Gasteiger partial charge in [-0.3, -0.25) is 9.69 Å². The number of rotatable bonds is 3. The van der Waals surface area contributed by atoms with Gasteiger partial charge in [-0.15, -0.1) is 0 Å². The molecule has 3 heterocycles. The van der Waals surface area contributed by atoms with E-state index < -0.39 is 0 Å². The molecule has 4 rings (SSSR count). The number of hydrogen-bond acceptors (Lipinski definition) is 2. The molecule has 1 unspecified atom stereocenters. The van der Waals surface area contributed by atoms with Crippen LogP contribution in [-0.4, -0.2) is 53.0 Å². The first-order chi connectivity index (χ1) is 12.0. The fourth-order valence-electron chi connectivity index (χ4n) is 4.35. The Bertz CT molecular complexity index is 865. The molecule has 25 heavy (non-hydrogen) atoms.